The van der Waals surface area contributed by atoms with Crippen molar-refractivity contribution in [3.63, 3.8) is 0 Å². The first-order chi connectivity index (χ1) is 11.1. The lowest BCUT2D eigenvalue weighted by Crippen LogP contribution is -2.40. The minimum absolute atomic E-state index is 0.120. The van der Waals surface area contributed by atoms with Crippen LogP contribution in [-0.2, 0) is 4.79 Å². The van der Waals surface area contributed by atoms with Gasteiger partial charge in [-0.25, -0.2) is 4.98 Å². The van der Waals surface area contributed by atoms with Crippen molar-refractivity contribution in [2.24, 2.45) is 0 Å². The van der Waals surface area contributed by atoms with Crippen LogP contribution in [0.15, 0.2) is 35.4 Å². The van der Waals surface area contributed by atoms with Gasteiger partial charge in [-0.3, -0.25) is 4.79 Å². The average Bonchev–Trinajstić information content (AvgIpc) is 2.56. The summed E-state index contributed by atoms with van der Waals surface area (Å²) < 4.78 is 0. The topological polar surface area (TPSA) is 42.0 Å². The fourth-order valence-electron chi connectivity index (χ4n) is 3.18. The van der Waals surface area contributed by atoms with Crippen LogP contribution in [0.2, 0.25) is 0 Å². The van der Waals surface area contributed by atoms with Gasteiger partial charge >= 0.3 is 0 Å². The molecule has 1 atom stereocenters. The number of carbonyl (C=O) groups is 1. The maximum Gasteiger partial charge on any atom is 0.233 e. The van der Waals surface area contributed by atoms with Crippen molar-refractivity contribution in [3.8, 4) is 0 Å². The number of aryl methyl sites for hydroxylation is 1. The normalized spacial score (nSPS) is 17.1. The first-order valence-electron chi connectivity index (χ1n) is 8.47. The number of thioether (sulfide) groups is 1. The number of amides is 1. The minimum Gasteiger partial charge on any atom is -0.352 e. The van der Waals surface area contributed by atoms with Gasteiger partial charge in [-0.15, -0.1) is 0 Å². The van der Waals surface area contributed by atoms with Gasteiger partial charge in [-0.05, 0) is 44.4 Å². The predicted molar refractivity (Wildman–Crippen MR) is 96.8 cm³/mol. The predicted octanol–water partition coefficient (Wildman–Crippen LogP) is 4.47. The fraction of sp³-hybridized carbons (Fsp3) is 0.474. The highest BCUT2D eigenvalue weighted by Crippen LogP contribution is 2.27. The molecule has 122 valence electrons. The van der Waals surface area contributed by atoms with Crippen LogP contribution >= 0.6 is 11.8 Å². The van der Waals surface area contributed by atoms with E-state index >= 15 is 0 Å². The molecule has 0 aliphatic heterocycles. The van der Waals surface area contributed by atoms with Gasteiger partial charge in [0.2, 0.25) is 5.91 Å². The van der Waals surface area contributed by atoms with Gasteiger partial charge in [-0.2, -0.15) is 0 Å². The lowest BCUT2D eigenvalue weighted by atomic mass is 9.95. The van der Waals surface area contributed by atoms with Crippen LogP contribution in [0.4, 0.5) is 0 Å². The van der Waals surface area contributed by atoms with Crippen molar-refractivity contribution >= 4 is 28.6 Å². The third-order valence-electron chi connectivity index (χ3n) is 4.52. The van der Waals surface area contributed by atoms with Crippen LogP contribution < -0.4 is 5.32 Å². The first kappa shape index (κ1) is 16.3. The summed E-state index contributed by atoms with van der Waals surface area (Å²) in [5.41, 5.74) is 2.20. The van der Waals surface area contributed by atoms with Crippen LogP contribution in [0.1, 0.15) is 44.6 Å². The summed E-state index contributed by atoms with van der Waals surface area (Å²) in [4.78, 5) is 17.1. The van der Waals surface area contributed by atoms with Crippen LogP contribution in [0, 0.1) is 6.92 Å². The molecule has 4 heteroatoms. The minimum atomic E-state index is -0.120. The third-order valence-corrected chi connectivity index (χ3v) is 5.54. The maximum atomic E-state index is 12.4. The van der Waals surface area contributed by atoms with Gasteiger partial charge in [0.25, 0.3) is 0 Å². The van der Waals surface area contributed by atoms with Crippen molar-refractivity contribution in [3.05, 3.63) is 35.9 Å². The molecule has 2 aromatic rings. The van der Waals surface area contributed by atoms with E-state index in [1.807, 2.05) is 25.1 Å². The maximum absolute atomic E-state index is 12.4. The Morgan fingerprint density at radius 2 is 2.00 bits per heavy atom. The Hall–Kier alpha value is -1.55. The van der Waals surface area contributed by atoms with Crippen molar-refractivity contribution in [1.29, 1.82) is 0 Å². The molecule has 3 rings (SSSR count). The number of nitrogens with one attached hydrogen (secondary N) is 1. The number of hydrogen-bond acceptors (Lipinski definition) is 3. The molecule has 23 heavy (non-hydrogen) atoms. The van der Waals surface area contributed by atoms with E-state index in [1.54, 1.807) is 11.8 Å². The molecule has 3 nitrogen and oxygen atoms in total. The summed E-state index contributed by atoms with van der Waals surface area (Å²) in [6.07, 6.45) is 6.01. The van der Waals surface area contributed by atoms with Crippen LogP contribution in [0.25, 0.3) is 10.9 Å². The number of carbonyl (C=O) groups excluding carboxylic acids is 1. The molecular weight excluding hydrogens is 304 g/mol. The third kappa shape index (κ3) is 4.05. The molecule has 0 saturated heterocycles. The van der Waals surface area contributed by atoms with E-state index in [0.717, 1.165) is 23.4 Å². The number of pyridine rings is 1. The second-order valence-corrected chi connectivity index (χ2v) is 7.76. The van der Waals surface area contributed by atoms with E-state index in [4.69, 9.17) is 0 Å². The molecule has 0 radical (unpaired) electrons. The Bertz CT molecular complexity index is 695. The summed E-state index contributed by atoms with van der Waals surface area (Å²) >= 11 is 1.55. The molecular formula is C19H24N2OS. The monoisotopic (exact) mass is 328 g/mol. The average molecular weight is 328 g/mol. The molecule has 1 aromatic carbocycles. The van der Waals surface area contributed by atoms with Crippen LogP contribution in [0.3, 0.4) is 0 Å². The Kier molecular flexibility index (Phi) is 5.21. The van der Waals surface area contributed by atoms with E-state index in [-0.39, 0.29) is 11.2 Å². The zero-order chi connectivity index (χ0) is 16.2. The Labute approximate surface area is 142 Å². The zero-order valence-electron chi connectivity index (χ0n) is 13.8. The molecule has 1 aliphatic rings. The molecule has 0 spiro atoms. The molecule has 1 heterocycles. The largest absolute Gasteiger partial charge is 0.352 e. The number of rotatable bonds is 4. The van der Waals surface area contributed by atoms with E-state index in [1.165, 1.54) is 30.2 Å². The smallest absolute Gasteiger partial charge is 0.233 e. The summed E-state index contributed by atoms with van der Waals surface area (Å²) in [7, 11) is 0. The van der Waals surface area contributed by atoms with Gasteiger partial charge in [0, 0.05) is 11.4 Å². The van der Waals surface area contributed by atoms with Crippen molar-refractivity contribution in [2.45, 2.75) is 62.3 Å². The van der Waals surface area contributed by atoms with E-state index < -0.39 is 0 Å². The van der Waals surface area contributed by atoms with E-state index in [2.05, 4.69) is 29.4 Å². The second kappa shape index (κ2) is 7.35. The van der Waals surface area contributed by atoms with Crippen molar-refractivity contribution in [1.82, 2.24) is 10.3 Å². The highest BCUT2D eigenvalue weighted by molar-refractivity contribution is 8.00. The molecule has 0 unspecified atom stereocenters. The highest BCUT2D eigenvalue weighted by atomic mass is 32.2. The van der Waals surface area contributed by atoms with Crippen LogP contribution in [-0.4, -0.2) is 22.2 Å². The highest BCUT2D eigenvalue weighted by Gasteiger charge is 2.20. The molecule has 1 fully saturated rings. The van der Waals surface area contributed by atoms with Crippen molar-refractivity contribution < 1.29 is 4.79 Å². The molecule has 1 amide bonds. The number of aromatic nitrogens is 1. The Morgan fingerprint density at radius 1 is 1.26 bits per heavy atom. The van der Waals surface area contributed by atoms with Crippen molar-refractivity contribution in [2.75, 3.05) is 0 Å². The summed E-state index contributed by atoms with van der Waals surface area (Å²) in [5, 5.41) is 5.18. The van der Waals surface area contributed by atoms with Gasteiger partial charge in [-0.1, -0.05) is 49.2 Å². The molecule has 0 bridgehead atoms. The fourth-order valence-corrected chi connectivity index (χ4v) is 4.11. The van der Waals surface area contributed by atoms with E-state index in [9.17, 15) is 4.79 Å². The molecule has 1 aliphatic carbocycles. The van der Waals surface area contributed by atoms with Gasteiger partial charge in [0.1, 0.15) is 0 Å². The molecule has 1 saturated carbocycles. The summed E-state index contributed by atoms with van der Waals surface area (Å²) in [5.74, 6) is 0.134. The van der Waals surface area contributed by atoms with Gasteiger partial charge in [0.15, 0.2) is 0 Å². The first-order valence-corrected chi connectivity index (χ1v) is 9.35. The van der Waals surface area contributed by atoms with Gasteiger partial charge in [0.05, 0.1) is 15.8 Å². The quantitative estimate of drug-likeness (QED) is 0.842. The zero-order valence-corrected chi connectivity index (χ0v) is 14.7. The Morgan fingerprint density at radius 3 is 2.78 bits per heavy atom. The number of benzene rings is 1. The lowest BCUT2D eigenvalue weighted by molar-refractivity contribution is -0.121. The molecule has 1 aromatic heterocycles. The number of para-hydroxylation sites is 1. The number of nitrogens with zero attached hydrogens (tertiary/aromatic N) is 1. The number of hydrogen-bond donors (Lipinski definition) is 1. The summed E-state index contributed by atoms with van der Waals surface area (Å²) in [6.45, 7) is 4.07. The number of fused-ring (bicyclic) bond motifs is 1. The molecule has 1 N–H and O–H groups in total. The van der Waals surface area contributed by atoms with Gasteiger partial charge < -0.3 is 5.32 Å². The Balaban J connectivity index is 1.67. The lowest BCUT2D eigenvalue weighted by Gasteiger charge is -2.24. The van der Waals surface area contributed by atoms with E-state index in [0.29, 0.717) is 6.04 Å². The standard InChI is InChI=1S/C19H24N2OS/c1-13-12-18(21-17-11-7-6-10-16(13)17)23-14(2)19(22)20-15-8-4-3-5-9-15/h6-7,10-12,14-15H,3-5,8-9H2,1-2H3,(H,20,22)/t14-/m1/s1. The SMILES string of the molecule is Cc1cc(S[C@H](C)C(=O)NC2CCCCC2)nc2ccccc12. The summed E-state index contributed by atoms with van der Waals surface area (Å²) in [6, 6.07) is 10.6. The second-order valence-electron chi connectivity index (χ2n) is 6.40. The van der Waals surface area contributed by atoms with Crippen LogP contribution in [0.5, 0.6) is 0 Å².